The molecule has 1 saturated heterocycles. The summed E-state index contributed by atoms with van der Waals surface area (Å²) in [5, 5.41) is 14.7. The normalized spacial score (nSPS) is 23.6. The average Bonchev–Trinajstić information content (AvgIpc) is 3.26. The highest BCUT2D eigenvalue weighted by Gasteiger charge is 2.47. The molecule has 25 heavy (non-hydrogen) atoms. The van der Waals surface area contributed by atoms with E-state index in [0.717, 1.165) is 5.56 Å². The highest BCUT2D eigenvalue weighted by atomic mass is 35.5. The fourth-order valence-corrected chi connectivity index (χ4v) is 5.19. The topological polar surface area (TPSA) is 106 Å². The Morgan fingerprint density at radius 3 is 2.92 bits per heavy atom. The Kier molecular flexibility index (Phi) is 3.80. The summed E-state index contributed by atoms with van der Waals surface area (Å²) in [5.41, 5.74) is -0.732. The van der Waals surface area contributed by atoms with Crippen molar-refractivity contribution in [3.63, 3.8) is 0 Å². The zero-order valence-electron chi connectivity index (χ0n) is 13.4. The van der Waals surface area contributed by atoms with E-state index >= 15 is 0 Å². The van der Waals surface area contributed by atoms with Crippen molar-refractivity contribution >= 4 is 21.6 Å². The molecule has 2 aliphatic heterocycles. The van der Waals surface area contributed by atoms with Gasteiger partial charge in [-0.15, -0.1) is 0 Å². The van der Waals surface area contributed by atoms with Crippen molar-refractivity contribution in [2.75, 3.05) is 19.7 Å². The fourth-order valence-electron chi connectivity index (χ4n) is 3.19. The molecular weight excluding hydrogens is 370 g/mol. The van der Waals surface area contributed by atoms with Crippen molar-refractivity contribution in [2.45, 2.75) is 30.3 Å². The number of aromatic nitrogens is 2. The minimum atomic E-state index is -3.88. The Bertz CT molecular complexity index is 945. The molecule has 0 aliphatic carbocycles. The molecule has 1 fully saturated rings. The van der Waals surface area contributed by atoms with Crippen LogP contribution < -0.4 is 4.74 Å². The number of aliphatic hydroxyl groups is 1. The maximum atomic E-state index is 13.1. The molecule has 2 aliphatic rings. The smallest absolute Gasteiger partial charge is 0.260 e. The van der Waals surface area contributed by atoms with Crippen LogP contribution in [0.2, 0.25) is 5.02 Å². The van der Waals surface area contributed by atoms with Crippen LogP contribution in [0.15, 0.2) is 21.6 Å². The highest BCUT2D eigenvalue weighted by molar-refractivity contribution is 7.89. The second kappa shape index (κ2) is 5.66. The summed E-state index contributed by atoms with van der Waals surface area (Å²) in [6.45, 7) is 2.01. The second-order valence-corrected chi connectivity index (χ2v) is 8.60. The van der Waals surface area contributed by atoms with E-state index in [1.165, 1.54) is 10.4 Å². The van der Waals surface area contributed by atoms with Gasteiger partial charge in [-0.2, -0.15) is 9.29 Å². The third-order valence-electron chi connectivity index (χ3n) is 4.47. The minimum absolute atomic E-state index is 0.0234. The van der Waals surface area contributed by atoms with Crippen LogP contribution in [-0.2, 0) is 22.0 Å². The zero-order chi connectivity index (χ0) is 17.8. The van der Waals surface area contributed by atoms with Crippen LogP contribution in [0.1, 0.15) is 23.7 Å². The number of β-amino-alcohol motifs (C(OH)–C–C–N with tert-alkyl or cyclic N) is 1. The molecule has 1 aromatic heterocycles. The quantitative estimate of drug-likeness (QED) is 0.847. The van der Waals surface area contributed by atoms with Crippen molar-refractivity contribution in [3.05, 3.63) is 34.4 Å². The largest absolute Gasteiger partial charge is 0.492 e. The van der Waals surface area contributed by atoms with Crippen LogP contribution in [0.25, 0.3) is 0 Å². The van der Waals surface area contributed by atoms with E-state index in [-0.39, 0.29) is 30.3 Å². The molecule has 2 aromatic rings. The summed E-state index contributed by atoms with van der Waals surface area (Å²) in [5.74, 6) is 0.745. The monoisotopic (exact) mass is 385 g/mol. The maximum absolute atomic E-state index is 13.1. The lowest BCUT2D eigenvalue weighted by molar-refractivity contribution is 0.0194. The lowest BCUT2D eigenvalue weighted by atomic mass is 10.0. The number of ether oxygens (including phenoxy) is 1. The van der Waals surface area contributed by atoms with Gasteiger partial charge in [-0.25, -0.2) is 8.42 Å². The zero-order valence-corrected chi connectivity index (χ0v) is 15.0. The Balaban J connectivity index is 1.69. The fraction of sp³-hybridized carbons (Fsp3) is 0.467. The van der Waals surface area contributed by atoms with E-state index in [0.29, 0.717) is 29.6 Å². The molecule has 134 valence electrons. The molecule has 0 amide bonds. The molecule has 0 unspecified atom stereocenters. The first-order valence-corrected chi connectivity index (χ1v) is 9.60. The summed E-state index contributed by atoms with van der Waals surface area (Å²) in [4.78, 5) is 4.06. The summed E-state index contributed by atoms with van der Waals surface area (Å²) in [7, 11) is -3.88. The maximum Gasteiger partial charge on any atom is 0.260 e. The number of hydrogen-bond acceptors (Lipinski definition) is 7. The number of benzene rings is 1. The Hall–Kier alpha value is -1.68. The molecule has 0 saturated carbocycles. The first-order valence-electron chi connectivity index (χ1n) is 7.78. The molecule has 1 N–H and O–H groups in total. The van der Waals surface area contributed by atoms with Gasteiger partial charge in [-0.05, 0) is 19.1 Å². The van der Waals surface area contributed by atoms with Gasteiger partial charge in [0.1, 0.15) is 10.6 Å². The predicted octanol–water partition coefficient (Wildman–Crippen LogP) is 1.25. The number of rotatable bonds is 3. The lowest BCUT2D eigenvalue weighted by Crippen LogP contribution is -2.34. The van der Waals surface area contributed by atoms with Crippen molar-refractivity contribution in [2.24, 2.45) is 0 Å². The van der Waals surface area contributed by atoms with Crippen molar-refractivity contribution < 1.29 is 22.8 Å². The molecule has 1 atom stereocenters. The van der Waals surface area contributed by atoms with Gasteiger partial charge in [0.2, 0.25) is 10.0 Å². The van der Waals surface area contributed by atoms with Crippen LogP contribution in [0.5, 0.6) is 5.75 Å². The molecule has 1 aromatic carbocycles. The van der Waals surface area contributed by atoms with Crippen LogP contribution in [0.4, 0.5) is 0 Å². The summed E-state index contributed by atoms with van der Waals surface area (Å²) >= 11 is 6.07. The van der Waals surface area contributed by atoms with E-state index in [2.05, 4.69) is 10.1 Å². The SMILES string of the molecule is Cc1noc([C@@]2(O)CCN(S(=O)(=O)c3cc(Cl)cc4c3OCC4)C2)n1. The van der Waals surface area contributed by atoms with Gasteiger partial charge in [0.15, 0.2) is 11.4 Å². The van der Waals surface area contributed by atoms with Crippen LogP contribution in [0.3, 0.4) is 0 Å². The van der Waals surface area contributed by atoms with Gasteiger partial charge in [-0.1, -0.05) is 16.8 Å². The molecule has 0 spiro atoms. The highest BCUT2D eigenvalue weighted by Crippen LogP contribution is 2.40. The second-order valence-electron chi connectivity index (χ2n) is 6.26. The molecular formula is C15H16ClN3O5S. The number of aryl methyl sites for hydroxylation is 1. The Morgan fingerprint density at radius 1 is 1.40 bits per heavy atom. The molecule has 4 rings (SSSR count). The number of sulfonamides is 1. The summed E-state index contributed by atoms with van der Waals surface area (Å²) < 4.78 is 37.9. The van der Waals surface area contributed by atoms with Crippen molar-refractivity contribution in [1.29, 1.82) is 0 Å². The van der Waals surface area contributed by atoms with Gasteiger partial charge in [0, 0.05) is 30.0 Å². The number of hydrogen-bond donors (Lipinski definition) is 1. The van der Waals surface area contributed by atoms with E-state index < -0.39 is 15.6 Å². The Labute approximate surface area is 149 Å². The van der Waals surface area contributed by atoms with Gasteiger partial charge in [0.25, 0.3) is 5.89 Å². The van der Waals surface area contributed by atoms with E-state index in [4.69, 9.17) is 20.9 Å². The van der Waals surface area contributed by atoms with Gasteiger partial charge < -0.3 is 14.4 Å². The first-order chi connectivity index (χ1) is 11.8. The molecule has 0 bridgehead atoms. The Morgan fingerprint density at radius 2 is 2.20 bits per heavy atom. The number of fused-ring (bicyclic) bond motifs is 1. The number of nitrogens with zero attached hydrogens (tertiary/aromatic N) is 3. The van der Waals surface area contributed by atoms with Crippen molar-refractivity contribution in [1.82, 2.24) is 14.4 Å². The molecule has 0 radical (unpaired) electrons. The van der Waals surface area contributed by atoms with E-state index in [1.807, 2.05) is 0 Å². The van der Waals surface area contributed by atoms with Crippen LogP contribution in [-0.4, -0.2) is 47.7 Å². The summed E-state index contributed by atoms with van der Waals surface area (Å²) in [6, 6.07) is 3.10. The first kappa shape index (κ1) is 16.8. The molecule has 10 heteroatoms. The van der Waals surface area contributed by atoms with Crippen LogP contribution >= 0.6 is 11.6 Å². The standard InChI is InChI=1S/C15H16ClN3O5S/c1-9-17-14(24-18-9)15(20)3-4-19(8-15)25(21,22)12-7-11(16)6-10-2-5-23-13(10)12/h6-7,20H,2-5,8H2,1H3/t15-/m1/s1. The van der Waals surface area contributed by atoms with E-state index in [9.17, 15) is 13.5 Å². The van der Waals surface area contributed by atoms with Gasteiger partial charge >= 0.3 is 0 Å². The lowest BCUT2D eigenvalue weighted by Gasteiger charge is -2.20. The minimum Gasteiger partial charge on any atom is -0.492 e. The van der Waals surface area contributed by atoms with Gasteiger partial charge in [-0.3, -0.25) is 0 Å². The third kappa shape index (κ3) is 2.71. The number of halogens is 1. The van der Waals surface area contributed by atoms with E-state index in [1.54, 1.807) is 13.0 Å². The third-order valence-corrected chi connectivity index (χ3v) is 6.54. The van der Waals surface area contributed by atoms with Gasteiger partial charge in [0.05, 0.1) is 13.2 Å². The van der Waals surface area contributed by atoms with Crippen LogP contribution in [0, 0.1) is 6.92 Å². The molecule has 8 nitrogen and oxygen atoms in total. The predicted molar refractivity (Wildman–Crippen MR) is 87.0 cm³/mol. The molecule has 3 heterocycles. The average molecular weight is 386 g/mol. The summed E-state index contributed by atoms with van der Waals surface area (Å²) in [6.07, 6.45) is 0.779. The van der Waals surface area contributed by atoms with Crippen molar-refractivity contribution in [3.8, 4) is 5.75 Å².